The van der Waals surface area contributed by atoms with Crippen molar-refractivity contribution < 1.29 is 14.0 Å². The molecule has 1 aromatic carbocycles. The topological polar surface area (TPSA) is 79.5 Å². The highest BCUT2D eigenvalue weighted by atomic mass is 32.1. The van der Waals surface area contributed by atoms with Crippen LogP contribution in [-0.4, -0.2) is 46.5 Å². The first-order valence-corrected chi connectivity index (χ1v) is 11.4. The number of furan rings is 1. The molecule has 2 saturated heterocycles. The highest BCUT2D eigenvalue weighted by molar-refractivity contribution is 7.14. The molecule has 2 aromatic heterocycles. The van der Waals surface area contributed by atoms with E-state index in [2.05, 4.69) is 10.2 Å². The summed E-state index contributed by atoms with van der Waals surface area (Å²) in [4.78, 5) is 29.3. The summed E-state index contributed by atoms with van der Waals surface area (Å²) in [5.41, 5.74) is 2.02. The van der Waals surface area contributed by atoms with Gasteiger partial charge in [0, 0.05) is 37.7 Å². The van der Waals surface area contributed by atoms with Crippen molar-refractivity contribution in [1.82, 2.24) is 15.1 Å². The van der Waals surface area contributed by atoms with Crippen molar-refractivity contribution in [2.45, 2.75) is 32.1 Å². The predicted octanol–water partition coefficient (Wildman–Crippen LogP) is 3.87. The zero-order valence-electron chi connectivity index (χ0n) is 17.4. The molecule has 2 aliphatic heterocycles. The minimum absolute atomic E-state index is 0.0244. The van der Waals surface area contributed by atoms with E-state index < -0.39 is 0 Å². The lowest BCUT2D eigenvalue weighted by Crippen LogP contribution is -2.42. The summed E-state index contributed by atoms with van der Waals surface area (Å²) in [6, 6.07) is 11.6. The molecule has 0 radical (unpaired) electrons. The third kappa shape index (κ3) is 3.99. The van der Waals surface area contributed by atoms with Gasteiger partial charge in [0.25, 0.3) is 0 Å². The van der Waals surface area contributed by atoms with Crippen LogP contribution in [0.25, 0.3) is 10.8 Å². The molecule has 0 N–H and O–H groups in total. The number of aromatic nitrogens is 2. The van der Waals surface area contributed by atoms with Crippen LogP contribution in [0, 0.1) is 12.8 Å². The summed E-state index contributed by atoms with van der Waals surface area (Å²) in [5.74, 6) is 0.892. The van der Waals surface area contributed by atoms with Gasteiger partial charge in [0.2, 0.25) is 11.8 Å². The number of hydrogen-bond donors (Lipinski definition) is 0. The van der Waals surface area contributed by atoms with Crippen LogP contribution in [0.3, 0.4) is 0 Å². The number of anilines is 1. The molecule has 5 rings (SSSR count). The van der Waals surface area contributed by atoms with Crippen LogP contribution < -0.4 is 4.90 Å². The molecule has 1 atom stereocenters. The number of amides is 2. The number of carbonyl (C=O) groups is 2. The van der Waals surface area contributed by atoms with Crippen molar-refractivity contribution in [1.29, 1.82) is 0 Å². The molecule has 0 aliphatic carbocycles. The third-order valence-electron chi connectivity index (χ3n) is 6.15. The van der Waals surface area contributed by atoms with Gasteiger partial charge in [0.05, 0.1) is 12.2 Å². The largest absolute Gasteiger partial charge is 0.462 e. The maximum atomic E-state index is 13.1. The lowest BCUT2D eigenvalue weighted by Gasteiger charge is -2.32. The molecule has 0 saturated carbocycles. The second-order valence-electron chi connectivity index (χ2n) is 8.26. The molecule has 0 bridgehead atoms. The van der Waals surface area contributed by atoms with E-state index in [9.17, 15) is 9.59 Å². The van der Waals surface area contributed by atoms with E-state index in [1.807, 2.05) is 48.2 Å². The minimum Gasteiger partial charge on any atom is -0.462 e. The lowest BCUT2D eigenvalue weighted by atomic mass is 9.96. The number of nitrogens with zero attached hydrogens (tertiary/aromatic N) is 4. The van der Waals surface area contributed by atoms with Crippen LogP contribution in [0.4, 0.5) is 5.69 Å². The second-order valence-corrected chi connectivity index (χ2v) is 9.27. The molecule has 2 fully saturated rings. The predicted molar refractivity (Wildman–Crippen MR) is 118 cm³/mol. The molecule has 2 aliphatic rings. The number of rotatable bonds is 4. The lowest BCUT2D eigenvalue weighted by molar-refractivity contribution is -0.136. The van der Waals surface area contributed by atoms with Crippen molar-refractivity contribution in [3.05, 3.63) is 53.2 Å². The Bertz CT molecular complexity index is 1070. The molecule has 1 unspecified atom stereocenters. The molecule has 2 amide bonds. The van der Waals surface area contributed by atoms with Gasteiger partial charge in [-0.2, -0.15) is 0 Å². The Balaban J connectivity index is 1.19. The van der Waals surface area contributed by atoms with Gasteiger partial charge in [-0.3, -0.25) is 9.59 Å². The van der Waals surface area contributed by atoms with Crippen LogP contribution >= 0.6 is 11.3 Å². The Labute approximate surface area is 184 Å². The van der Waals surface area contributed by atoms with E-state index in [1.165, 1.54) is 0 Å². The molecule has 4 heterocycles. The molecular formula is C23H24N4O3S. The van der Waals surface area contributed by atoms with Gasteiger partial charge in [-0.15, -0.1) is 10.2 Å². The fourth-order valence-corrected chi connectivity index (χ4v) is 5.33. The molecular weight excluding hydrogens is 412 g/mol. The summed E-state index contributed by atoms with van der Waals surface area (Å²) in [6.45, 7) is 3.86. The smallest absolute Gasteiger partial charge is 0.228 e. The Morgan fingerprint density at radius 1 is 1.13 bits per heavy atom. The number of likely N-dealkylation sites (tertiary alicyclic amines) is 1. The normalized spacial score (nSPS) is 19.9. The second kappa shape index (κ2) is 8.26. The SMILES string of the molecule is Cc1ccc(N2CC(C(=O)N3CCC(c4nnc(-c5ccco5)s4)CC3)CC2=O)cc1. The number of piperidine rings is 1. The fourth-order valence-electron chi connectivity index (χ4n) is 4.35. The fraction of sp³-hybridized carbons (Fsp3) is 0.391. The zero-order chi connectivity index (χ0) is 21.4. The number of hydrogen-bond acceptors (Lipinski definition) is 6. The van der Waals surface area contributed by atoms with Crippen LogP contribution in [0.2, 0.25) is 0 Å². The highest BCUT2D eigenvalue weighted by Gasteiger charge is 2.38. The first kappa shape index (κ1) is 19.9. The molecule has 3 aromatic rings. The van der Waals surface area contributed by atoms with Crippen molar-refractivity contribution in [3.63, 3.8) is 0 Å². The summed E-state index contributed by atoms with van der Waals surface area (Å²) < 4.78 is 5.40. The minimum atomic E-state index is -0.266. The van der Waals surface area contributed by atoms with Gasteiger partial charge >= 0.3 is 0 Å². The average Bonchev–Trinajstić information content (AvgIpc) is 3.55. The van der Waals surface area contributed by atoms with Gasteiger partial charge in [-0.1, -0.05) is 29.0 Å². The van der Waals surface area contributed by atoms with Gasteiger partial charge in [0.1, 0.15) is 5.01 Å². The average molecular weight is 437 g/mol. The monoisotopic (exact) mass is 436 g/mol. The van der Waals surface area contributed by atoms with Gasteiger partial charge in [-0.25, -0.2) is 0 Å². The van der Waals surface area contributed by atoms with Gasteiger partial charge < -0.3 is 14.2 Å². The summed E-state index contributed by atoms with van der Waals surface area (Å²) in [5, 5.41) is 10.4. The van der Waals surface area contributed by atoms with E-state index >= 15 is 0 Å². The zero-order valence-corrected chi connectivity index (χ0v) is 18.2. The summed E-state index contributed by atoms with van der Waals surface area (Å²) in [7, 11) is 0. The van der Waals surface area contributed by atoms with E-state index in [-0.39, 0.29) is 24.2 Å². The van der Waals surface area contributed by atoms with Crippen LogP contribution in [0.1, 0.15) is 35.8 Å². The maximum Gasteiger partial charge on any atom is 0.228 e. The number of benzene rings is 1. The summed E-state index contributed by atoms with van der Waals surface area (Å²) >= 11 is 1.56. The first-order chi connectivity index (χ1) is 15.1. The Morgan fingerprint density at radius 3 is 2.61 bits per heavy atom. The first-order valence-electron chi connectivity index (χ1n) is 10.6. The summed E-state index contributed by atoms with van der Waals surface area (Å²) in [6.07, 6.45) is 3.64. The van der Waals surface area contributed by atoms with Crippen LogP contribution in [0.15, 0.2) is 47.1 Å². The van der Waals surface area contributed by atoms with E-state index in [4.69, 9.17) is 4.42 Å². The third-order valence-corrected chi connectivity index (χ3v) is 7.25. The highest BCUT2D eigenvalue weighted by Crippen LogP contribution is 2.34. The number of carbonyl (C=O) groups excluding carboxylic acids is 2. The van der Waals surface area contributed by atoms with Crippen molar-refractivity contribution in [3.8, 4) is 10.8 Å². The molecule has 160 valence electrons. The van der Waals surface area contributed by atoms with E-state index in [0.717, 1.165) is 39.9 Å². The van der Waals surface area contributed by atoms with Crippen LogP contribution in [-0.2, 0) is 9.59 Å². The maximum absolute atomic E-state index is 13.1. The molecule has 7 nitrogen and oxygen atoms in total. The molecule has 0 spiro atoms. The van der Waals surface area contributed by atoms with Crippen molar-refractivity contribution in [2.24, 2.45) is 5.92 Å². The Kier molecular flexibility index (Phi) is 5.31. The van der Waals surface area contributed by atoms with Gasteiger partial charge in [-0.05, 0) is 44.0 Å². The van der Waals surface area contributed by atoms with Crippen molar-refractivity contribution >= 4 is 28.8 Å². The van der Waals surface area contributed by atoms with E-state index in [1.54, 1.807) is 22.5 Å². The Hall–Kier alpha value is -3.00. The Morgan fingerprint density at radius 2 is 1.90 bits per heavy atom. The number of aryl methyl sites for hydroxylation is 1. The van der Waals surface area contributed by atoms with Crippen molar-refractivity contribution in [2.75, 3.05) is 24.5 Å². The van der Waals surface area contributed by atoms with E-state index in [0.29, 0.717) is 25.6 Å². The van der Waals surface area contributed by atoms with Gasteiger partial charge in [0.15, 0.2) is 10.8 Å². The van der Waals surface area contributed by atoms with Crippen LogP contribution in [0.5, 0.6) is 0 Å². The standard InChI is InChI=1S/C23H24N4O3S/c1-15-4-6-18(7-5-15)27-14-17(13-20(27)28)23(29)26-10-8-16(9-11-26)21-24-25-22(31-21)19-3-2-12-30-19/h2-7,12,16-17H,8-11,13-14H2,1H3. The quantitative estimate of drug-likeness (QED) is 0.620. The molecule has 8 heteroatoms. The molecule has 31 heavy (non-hydrogen) atoms.